The molecule has 0 amide bonds. The van der Waals surface area contributed by atoms with Crippen LogP contribution in [0, 0.1) is 11.6 Å². The fourth-order valence-electron chi connectivity index (χ4n) is 3.01. The lowest BCUT2D eigenvalue weighted by Crippen LogP contribution is -2.06. The van der Waals surface area contributed by atoms with Crippen molar-refractivity contribution in [2.24, 2.45) is 7.05 Å². The van der Waals surface area contributed by atoms with E-state index < -0.39 is 11.8 Å². The van der Waals surface area contributed by atoms with Crippen molar-refractivity contribution in [3.05, 3.63) is 53.7 Å². The quantitative estimate of drug-likeness (QED) is 0.521. The Labute approximate surface area is 146 Å². The van der Waals surface area contributed by atoms with Crippen LogP contribution in [0.3, 0.4) is 0 Å². The van der Waals surface area contributed by atoms with E-state index in [9.17, 15) is 13.6 Å². The second-order valence-electron chi connectivity index (χ2n) is 5.97. The molecule has 26 heavy (non-hydrogen) atoms. The van der Waals surface area contributed by atoms with Gasteiger partial charge in [0.15, 0.2) is 11.4 Å². The van der Waals surface area contributed by atoms with Gasteiger partial charge in [-0.05, 0) is 24.3 Å². The molecule has 0 bridgehead atoms. The summed E-state index contributed by atoms with van der Waals surface area (Å²) in [6, 6.07) is 7.47. The molecule has 0 spiro atoms. The summed E-state index contributed by atoms with van der Waals surface area (Å²) in [6.45, 7) is 0. The first-order valence-electron chi connectivity index (χ1n) is 7.87. The Bertz CT molecular complexity index is 1160. The average Bonchev–Trinajstić information content (AvgIpc) is 3.19. The number of oxazole rings is 1. The van der Waals surface area contributed by atoms with E-state index in [2.05, 4.69) is 9.72 Å². The Morgan fingerprint density at radius 1 is 1.27 bits per heavy atom. The number of hydrogen-bond donors (Lipinski definition) is 0. The molecule has 2 heterocycles. The van der Waals surface area contributed by atoms with Gasteiger partial charge in [0.2, 0.25) is 5.89 Å². The van der Waals surface area contributed by atoms with Crippen LogP contribution in [0.15, 0.2) is 40.9 Å². The zero-order chi connectivity index (χ0) is 18.4. The van der Waals surface area contributed by atoms with Gasteiger partial charge in [0.1, 0.15) is 11.3 Å². The van der Waals surface area contributed by atoms with Crippen molar-refractivity contribution >= 4 is 28.0 Å². The summed E-state index contributed by atoms with van der Waals surface area (Å²) in [4.78, 5) is 15.7. The van der Waals surface area contributed by atoms with Crippen molar-refractivity contribution in [1.82, 2.24) is 9.55 Å². The third-order valence-corrected chi connectivity index (χ3v) is 4.32. The second-order valence-corrected chi connectivity index (χ2v) is 5.97. The predicted octanol–water partition coefficient (Wildman–Crippen LogP) is 3.98. The third kappa shape index (κ3) is 2.52. The number of fused-ring (bicyclic) bond motifs is 2. The Hall–Kier alpha value is -3.22. The topological polar surface area (TPSA) is 57.3 Å². The van der Waals surface area contributed by atoms with E-state index in [0.717, 1.165) is 5.52 Å². The molecule has 0 radical (unpaired) electrons. The zero-order valence-electron chi connectivity index (χ0n) is 14.0. The molecule has 132 valence electrons. The first-order valence-corrected chi connectivity index (χ1v) is 7.87. The molecule has 2 aromatic carbocycles. The van der Waals surface area contributed by atoms with E-state index in [0.29, 0.717) is 16.5 Å². The molecule has 2 aromatic heterocycles. The first-order chi connectivity index (χ1) is 12.5. The van der Waals surface area contributed by atoms with Crippen LogP contribution in [0.25, 0.3) is 33.5 Å². The highest BCUT2D eigenvalue weighted by Crippen LogP contribution is 2.33. The smallest absolute Gasteiger partial charge is 0.310 e. The Morgan fingerprint density at radius 2 is 2.08 bits per heavy atom. The minimum atomic E-state index is -0.655. The first kappa shape index (κ1) is 16.3. The molecule has 0 atom stereocenters. The molecule has 0 aliphatic rings. The lowest BCUT2D eigenvalue weighted by molar-refractivity contribution is -0.139. The maximum Gasteiger partial charge on any atom is 0.310 e. The van der Waals surface area contributed by atoms with Gasteiger partial charge < -0.3 is 13.7 Å². The van der Waals surface area contributed by atoms with Crippen LogP contribution in [0.2, 0.25) is 0 Å². The number of carbonyl (C=O) groups excluding carboxylic acids is 1. The minimum absolute atomic E-state index is 0.0465. The minimum Gasteiger partial charge on any atom is -0.469 e. The van der Waals surface area contributed by atoms with E-state index >= 15 is 0 Å². The normalized spacial score (nSPS) is 11.4. The molecule has 0 aliphatic carbocycles. The van der Waals surface area contributed by atoms with Gasteiger partial charge in [-0.1, -0.05) is 6.07 Å². The Balaban J connectivity index is 1.87. The summed E-state index contributed by atoms with van der Waals surface area (Å²) >= 11 is 0. The van der Waals surface area contributed by atoms with E-state index in [1.165, 1.54) is 25.3 Å². The van der Waals surface area contributed by atoms with Crippen LogP contribution in [0.1, 0.15) is 5.56 Å². The number of halogens is 2. The van der Waals surface area contributed by atoms with Gasteiger partial charge in [-0.3, -0.25) is 4.79 Å². The van der Waals surface area contributed by atoms with Crippen LogP contribution >= 0.6 is 0 Å². The lowest BCUT2D eigenvalue weighted by Gasteiger charge is -2.01. The summed E-state index contributed by atoms with van der Waals surface area (Å²) < 4.78 is 40.3. The average molecular weight is 356 g/mol. The van der Waals surface area contributed by atoms with Gasteiger partial charge in [0.05, 0.1) is 19.1 Å². The molecule has 0 aliphatic heterocycles. The second kappa shape index (κ2) is 5.94. The summed E-state index contributed by atoms with van der Waals surface area (Å²) in [5.74, 6) is -1.40. The fourth-order valence-corrected chi connectivity index (χ4v) is 3.01. The van der Waals surface area contributed by atoms with Gasteiger partial charge in [-0.25, -0.2) is 13.8 Å². The number of nitrogens with zero attached hydrogens (tertiary/aromatic N) is 2. The van der Waals surface area contributed by atoms with E-state index in [4.69, 9.17) is 4.42 Å². The molecular weight excluding hydrogens is 342 g/mol. The number of methoxy groups -OCH3 is 1. The van der Waals surface area contributed by atoms with Crippen LogP contribution < -0.4 is 0 Å². The summed E-state index contributed by atoms with van der Waals surface area (Å²) in [6.07, 6.45) is 1.55. The number of aromatic nitrogens is 2. The molecule has 0 N–H and O–H groups in total. The molecule has 0 fully saturated rings. The SMILES string of the molecule is COC(=O)Cc1ccc2nc(-c3cn(C)c4ccc(F)cc34)oc2c1F. The van der Waals surface area contributed by atoms with Crippen molar-refractivity contribution in [2.45, 2.75) is 6.42 Å². The molecule has 0 saturated heterocycles. The molecule has 4 aromatic rings. The van der Waals surface area contributed by atoms with Crippen LogP contribution in [0.4, 0.5) is 8.78 Å². The lowest BCUT2D eigenvalue weighted by atomic mass is 10.1. The maximum atomic E-state index is 14.7. The number of ether oxygens (including phenoxy) is 1. The molecule has 7 heteroatoms. The van der Waals surface area contributed by atoms with Crippen LogP contribution in [-0.4, -0.2) is 22.6 Å². The van der Waals surface area contributed by atoms with Crippen LogP contribution in [0.5, 0.6) is 0 Å². The molecule has 0 saturated carbocycles. The molecule has 5 nitrogen and oxygen atoms in total. The summed E-state index contributed by atoms with van der Waals surface area (Å²) in [5.41, 5.74) is 1.80. The Kier molecular flexibility index (Phi) is 3.72. The van der Waals surface area contributed by atoms with Gasteiger partial charge in [0, 0.05) is 29.7 Å². The van der Waals surface area contributed by atoms with Gasteiger partial charge >= 0.3 is 5.97 Å². The predicted molar refractivity (Wildman–Crippen MR) is 91.6 cm³/mol. The highest BCUT2D eigenvalue weighted by atomic mass is 19.1. The van der Waals surface area contributed by atoms with Crippen molar-refractivity contribution in [3.8, 4) is 11.5 Å². The van der Waals surface area contributed by atoms with Crippen LogP contribution in [-0.2, 0) is 23.0 Å². The van der Waals surface area contributed by atoms with Crippen molar-refractivity contribution in [3.63, 3.8) is 0 Å². The van der Waals surface area contributed by atoms with E-state index in [1.54, 1.807) is 18.3 Å². The summed E-state index contributed by atoms with van der Waals surface area (Å²) in [7, 11) is 3.06. The number of rotatable bonds is 3. The highest BCUT2D eigenvalue weighted by molar-refractivity contribution is 5.95. The molecule has 4 rings (SSSR count). The summed E-state index contributed by atoms with van der Waals surface area (Å²) in [5, 5.41) is 0.620. The highest BCUT2D eigenvalue weighted by Gasteiger charge is 2.19. The van der Waals surface area contributed by atoms with Gasteiger partial charge in [-0.2, -0.15) is 0 Å². The standard InChI is InChI=1S/C19H14F2N2O3/c1-23-9-13(12-8-11(20)4-6-15(12)23)19-22-14-5-3-10(7-16(24)25-2)17(21)18(14)26-19/h3-6,8-9H,7H2,1-2H3. The zero-order valence-corrected chi connectivity index (χ0v) is 14.0. The third-order valence-electron chi connectivity index (χ3n) is 4.32. The number of esters is 1. The Morgan fingerprint density at radius 3 is 2.85 bits per heavy atom. The van der Waals surface area contributed by atoms with E-state index in [1.807, 2.05) is 11.6 Å². The van der Waals surface area contributed by atoms with Crippen molar-refractivity contribution in [2.75, 3.05) is 7.11 Å². The number of benzene rings is 2. The van der Waals surface area contributed by atoms with Crippen molar-refractivity contribution < 1.29 is 22.7 Å². The van der Waals surface area contributed by atoms with Gasteiger partial charge in [0.25, 0.3) is 0 Å². The monoisotopic (exact) mass is 356 g/mol. The number of hydrogen-bond acceptors (Lipinski definition) is 4. The largest absolute Gasteiger partial charge is 0.469 e. The molecular formula is C19H14F2N2O3. The number of carbonyl (C=O) groups is 1. The fraction of sp³-hybridized carbons (Fsp3) is 0.158. The van der Waals surface area contributed by atoms with E-state index in [-0.39, 0.29) is 29.3 Å². The van der Waals surface area contributed by atoms with Crippen molar-refractivity contribution in [1.29, 1.82) is 0 Å². The maximum absolute atomic E-state index is 14.7. The molecule has 0 unspecified atom stereocenters. The number of aryl methyl sites for hydroxylation is 1. The van der Waals surface area contributed by atoms with Gasteiger partial charge in [-0.15, -0.1) is 0 Å².